The highest BCUT2D eigenvalue weighted by Crippen LogP contribution is 2.67. The number of benzene rings is 3. The third-order valence-corrected chi connectivity index (χ3v) is 11.0. The van der Waals surface area contributed by atoms with Gasteiger partial charge in [0.05, 0.1) is 24.5 Å². The van der Waals surface area contributed by atoms with Crippen LogP contribution < -0.4 is 10.1 Å². The van der Waals surface area contributed by atoms with Crippen molar-refractivity contribution in [3.8, 4) is 11.5 Å². The first kappa shape index (κ1) is 24.4. The summed E-state index contributed by atoms with van der Waals surface area (Å²) in [6, 6.07) is 23.7. The Hall–Kier alpha value is -3.35. The van der Waals surface area contributed by atoms with Crippen molar-refractivity contribution in [2.24, 2.45) is 5.92 Å². The van der Waals surface area contributed by atoms with Gasteiger partial charge >= 0.3 is 0 Å². The van der Waals surface area contributed by atoms with Crippen LogP contribution in [0.25, 0.3) is 0 Å². The Morgan fingerprint density at radius 2 is 1.73 bits per heavy atom. The molecule has 1 saturated heterocycles. The molecule has 6 heteroatoms. The van der Waals surface area contributed by atoms with Gasteiger partial charge in [0.1, 0.15) is 24.3 Å². The largest absolute Gasteiger partial charge is 0.504 e. The molecule has 0 radical (unpaired) electrons. The molecule has 2 aliphatic heterocycles. The lowest BCUT2D eigenvalue weighted by Gasteiger charge is -2.66. The standard InChI is InChI=1S/C34H36N2O4/c37-27-14-13-25-19-28-34(39)16-15-26(35-32(38)24-9-5-2-6-10-24)31-33(34,29(25)30(27)40-31)17-18-36(28,21-23-11-12-23)20-22-7-3-1-4-8-22/h1-10,13-14,23,26,28,31,39H,11-12,15-21H2,(H-,35,37,38)/p+1/t26-,28-,31+,33+,34-,36?/m1/s1. The van der Waals surface area contributed by atoms with E-state index in [9.17, 15) is 15.0 Å². The summed E-state index contributed by atoms with van der Waals surface area (Å²) in [6.45, 7) is 2.96. The Balaban J connectivity index is 1.24. The molecule has 3 N–H and O–H groups in total. The molecule has 2 heterocycles. The predicted molar refractivity (Wildman–Crippen MR) is 151 cm³/mol. The zero-order valence-electron chi connectivity index (χ0n) is 22.8. The summed E-state index contributed by atoms with van der Waals surface area (Å²) in [6.07, 6.45) is 4.91. The van der Waals surface area contributed by atoms with E-state index in [4.69, 9.17) is 4.74 Å². The first-order chi connectivity index (χ1) is 19.4. The van der Waals surface area contributed by atoms with Gasteiger partial charge in [0.2, 0.25) is 0 Å². The number of ether oxygens (including phenoxy) is 1. The predicted octanol–water partition coefficient (Wildman–Crippen LogP) is 4.47. The van der Waals surface area contributed by atoms with Gasteiger partial charge in [-0.3, -0.25) is 4.79 Å². The minimum Gasteiger partial charge on any atom is -0.504 e. The topological polar surface area (TPSA) is 78.8 Å². The third kappa shape index (κ3) is 3.32. The van der Waals surface area contributed by atoms with Gasteiger partial charge in [-0.2, -0.15) is 0 Å². The molecule has 2 bridgehead atoms. The van der Waals surface area contributed by atoms with Gasteiger partial charge in [-0.1, -0.05) is 54.6 Å². The van der Waals surface area contributed by atoms with E-state index in [-0.39, 0.29) is 23.7 Å². The number of piperidine rings is 1. The number of nitrogens with zero attached hydrogens (tertiary/aromatic N) is 1. The maximum absolute atomic E-state index is 13.3. The van der Waals surface area contributed by atoms with Crippen molar-refractivity contribution in [2.45, 2.75) is 74.3 Å². The summed E-state index contributed by atoms with van der Waals surface area (Å²) in [5.74, 6) is 1.24. The number of carbonyl (C=O) groups excluding carboxylic acids is 1. The summed E-state index contributed by atoms with van der Waals surface area (Å²) in [5.41, 5.74) is 2.48. The summed E-state index contributed by atoms with van der Waals surface area (Å²) >= 11 is 0. The van der Waals surface area contributed by atoms with Crippen LogP contribution in [0.15, 0.2) is 72.8 Å². The van der Waals surface area contributed by atoms with Gasteiger partial charge in [-0.25, -0.2) is 0 Å². The SMILES string of the molecule is O=C(N[C@@H]1CC[C@@]2(O)[C@H]3Cc4ccc(O)c5c4[C@@]2(CC[N+]3(Cc2ccccc2)CC2CC2)[C@H]1O5)c1ccccc1. The number of likely N-dealkylation sites (tertiary alicyclic amines) is 1. The molecule has 6 atom stereocenters. The van der Waals surface area contributed by atoms with E-state index in [0.29, 0.717) is 24.2 Å². The molecular weight excluding hydrogens is 500 g/mol. The van der Waals surface area contributed by atoms with E-state index in [1.165, 1.54) is 24.0 Å². The van der Waals surface area contributed by atoms with Gasteiger partial charge < -0.3 is 24.7 Å². The second kappa shape index (κ2) is 8.58. The normalized spacial score (nSPS) is 35.0. The molecule has 206 valence electrons. The second-order valence-corrected chi connectivity index (χ2v) is 13.0. The summed E-state index contributed by atoms with van der Waals surface area (Å²) in [5, 5.41) is 27.4. The number of hydrogen-bond donors (Lipinski definition) is 3. The minimum absolute atomic E-state index is 0.0296. The number of amides is 1. The van der Waals surface area contributed by atoms with Crippen LogP contribution in [0, 0.1) is 5.92 Å². The molecule has 1 amide bonds. The van der Waals surface area contributed by atoms with Crippen LogP contribution in [0.2, 0.25) is 0 Å². The zero-order chi connectivity index (χ0) is 27.1. The van der Waals surface area contributed by atoms with E-state index >= 15 is 0 Å². The first-order valence-corrected chi connectivity index (χ1v) is 14.9. The molecule has 1 unspecified atom stereocenters. The van der Waals surface area contributed by atoms with Crippen LogP contribution in [0.5, 0.6) is 11.5 Å². The average Bonchev–Trinajstić information content (AvgIpc) is 3.70. The van der Waals surface area contributed by atoms with E-state index in [2.05, 4.69) is 41.7 Å². The molecule has 3 aromatic carbocycles. The Bertz CT molecular complexity index is 1470. The molecule has 6 nitrogen and oxygen atoms in total. The molecule has 3 fully saturated rings. The lowest BCUT2D eigenvalue weighted by molar-refractivity contribution is -0.979. The zero-order valence-corrected chi connectivity index (χ0v) is 22.8. The number of carbonyl (C=O) groups is 1. The quantitative estimate of drug-likeness (QED) is 0.406. The van der Waals surface area contributed by atoms with E-state index in [0.717, 1.165) is 48.4 Å². The Morgan fingerprint density at radius 3 is 2.48 bits per heavy atom. The van der Waals surface area contributed by atoms with Crippen molar-refractivity contribution in [3.05, 3.63) is 95.1 Å². The number of phenols is 1. The molecule has 3 aromatic rings. The van der Waals surface area contributed by atoms with Crippen LogP contribution in [-0.2, 0) is 18.4 Å². The number of aliphatic hydroxyl groups is 1. The van der Waals surface area contributed by atoms with Gasteiger partial charge in [0.25, 0.3) is 5.91 Å². The van der Waals surface area contributed by atoms with Gasteiger partial charge in [-0.15, -0.1) is 0 Å². The van der Waals surface area contributed by atoms with Crippen molar-refractivity contribution in [2.75, 3.05) is 13.1 Å². The van der Waals surface area contributed by atoms with Crippen molar-refractivity contribution < 1.29 is 24.2 Å². The number of quaternary nitrogens is 1. The summed E-state index contributed by atoms with van der Waals surface area (Å²) in [7, 11) is 0. The van der Waals surface area contributed by atoms with Crippen molar-refractivity contribution in [3.63, 3.8) is 0 Å². The lowest BCUT2D eigenvalue weighted by Crippen LogP contribution is -2.82. The maximum Gasteiger partial charge on any atom is 0.251 e. The molecule has 0 aromatic heterocycles. The minimum atomic E-state index is -0.987. The fourth-order valence-electron chi connectivity index (χ4n) is 9.15. The first-order valence-electron chi connectivity index (χ1n) is 14.9. The van der Waals surface area contributed by atoms with Crippen LogP contribution >= 0.6 is 0 Å². The van der Waals surface area contributed by atoms with Crippen molar-refractivity contribution in [1.82, 2.24) is 5.32 Å². The molecule has 3 aliphatic carbocycles. The van der Waals surface area contributed by atoms with E-state index in [1.54, 1.807) is 6.07 Å². The number of aromatic hydroxyl groups is 1. The molecule has 1 spiro atoms. The van der Waals surface area contributed by atoms with E-state index in [1.807, 2.05) is 30.3 Å². The third-order valence-electron chi connectivity index (χ3n) is 11.0. The van der Waals surface area contributed by atoms with E-state index < -0.39 is 17.1 Å². The fourth-order valence-corrected chi connectivity index (χ4v) is 9.15. The Kier molecular flexibility index (Phi) is 5.24. The monoisotopic (exact) mass is 537 g/mol. The van der Waals surface area contributed by atoms with Crippen LogP contribution in [0.1, 0.15) is 59.2 Å². The van der Waals surface area contributed by atoms with Crippen molar-refractivity contribution in [1.29, 1.82) is 0 Å². The lowest BCUT2D eigenvalue weighted by atomic mass is 9.47. The molecule has 5 aliphatic rings. The van der Waals surface area contributed by atoms with Crippen LogP contribution in [0.4, 0.5) is 0 Å². The summed E-state index contributed by atoms with van der Waals surface area (Å²) < 4.78 is 7.57. The maximum atomic E-state index is 13.3. The summed E-state index contributed by atoms with van der Waals surface area (Å²) in [4.78, 5) is 13.3. The Morgan fingerprint density at radius 1 is 0.975 bits per heavy atom. The number of nitrogens with one attached hydrogen (secondary N) is 1. The second-order valence-electron chi connectivity index (χ2n) is 13.0. The Labute approximate surface area is 235 Å². The van der Waals surface area contributed by atoms with Crippen LogP contribution in [-0.4, -0.2) is 57.5 Å². The molecule has 8 rings (SSSR count). The number of rotatable bonds is 6. The van der Waals surface area contributed by atoms with Gasteiger partial charge in [0, 0.05) is 35.4 Å². The average molecular weight is 538 g/mol. The highest BCUT2D eigenvalue weighted by atomic mass is 16.5. The smallest absolute Gasteiger partial charge is 0.251 e. The van der Waals surface area contributed by atoms with Gasteiger partial charge in [0.15, 0.2) is 11.5 Å². The fraction of sp³-hybridized carbons (Fsp3) is 0.441. The molecule has 40 heavy (non-hydrogen) atoms. The highest BCUT2D eigenvalue weighted by molar-refractivity contribution is 5.94. The van der Waals surface area contributed by atoms with Gasteiger partial charge in [-0.05, 0) is 49.4 Å². The molecule has 2 saturated carbocycles. The number of hydrogen-bond acceptors (Lipinski definition) is 4. The highest BCUT2D eigenvalue weighted by Gasteiger charge is 2.77. The number of phenolic OH excluding ortho intramolecular Hbond substituents is 1. The van der Waals surface area contributed by atoms with Crippen molar-refractivity contribution >= 4 is 5.91 Å². The molecular formula is C34H37N2O4+. The van der Waals surface area contributed by atoms with Crippen LogP contribution in [0.3, 0.4) is 0 Å².